The molecule has 1 N–H and O–H groups in total. The Morgan fingerprint density at radius 2 is 1.96 bits per heavy atom. The first-order valence-electron chi connectivity index (χ1n) is 8.31. The van der Waals surface area contributed by atoms with Gasteiger partial charge in [-0.1, -0.05) is 0 Å². The molecule has 1 unspecified atom stereocenters. The Bertz CT molecular complexity index is 694. The molecule has 0 bridgehead atoms. The van der Waals surface area contributed by atoms with Crippen molar-refractivity contribution < 1.29 is 18.7 Å². The van der Waals surface area contributed by atoms with Gasteiger partial charge < -0.3 is 23.6 Å². The zero-order valence-corrected chi connectivity index (χ0v) is 16.8. The zero-order chi connectivity index (χ0) is 18.6. The lowest BCUT2D eigenvalue weighted by atomic mass is 10.1. The zero-order valence-electron chi connectivity index (χ0n) is 15.9. The van der Waals surface area contributed by atoms with Crippen molar-refractivity contribution in [3.05, 3.63) is 30.0 Å². The molecular formula is C18H29N2O4P. The van der Waals surface area contributed by atoms with E-state index in [1.165, 1.54) is 10.9 Å². The molecule has 0 saturated carbocycles. The van der Waals surface area contributed by atoms with Crippen LogP contribution in [0.3, 0.4) is 0 Å². The maximum atomic E-state index is 9.98. The average Bonchev–Trinajstić information content (AvgIpc) is 2.86. The fourth-order valence-corrected chi connectivity index (χ4v) is 3.24. The number of rotatable bonds is 8. The first-order chi connectivity index (χ1) is 11.7. The van der Waals surface area contributed by atoms with Crippen LogP contribution in [0.1, 0.15) is 26.3 Å². The molecule has 7 heteroatoms. The minimum absolute atomic E-state index is 0.226. The topological polar surface area (TPSA) is 56.1 Å². The maximum absolute atomic E-state index is 9.98. The van der Waals surface area contributed by atoms with Crippen LogP contribution in [0.25, 0.3) is 10.9 Å². The summed E-state index contributed by atoms with van der Waals surface area (Å²) in [4.78, 5) is 12.1. The summed E-state index contributed by atoms with van der Waals surface area (Å²) in [5.74, 6) is 0.795. The van der Waals surface area contributed by atoms with Crippen LogP contribution in [-0.2, 0) is 22.2 Å². The third kappa shape index (κ3) is 5.94. The largest absolute Gasteiger partial charge is 0.497 e. The smallest absolute Gasteiger partial charge is 0.332 e. The number of hydrogen-bond donors (Lipinski definition) is 1. The van der Waals surface area contributed by atoms with Gasteiger partial charge in [0.1, 0.15) is 12.5 Å². The van der Waals surface area contributed by atoms with Gasteiger partial charge in [0.15, 0.2) is 0 Å². The van der Waals surface area contributed by atoms with Gasteiger partial charge in [-0.2, -0.15) is 0 Å². The number of ether oxygens (including phenoxy) is 1. The molecule has 0 spiro atoms. The Kier molecular flexibility index (Phi) is 6.83. The van der Waals surface area contributed by atoms with Gasteiger partial charge in [-0.3, -0.25) is 4.52 Å². The molecule has 1 heterocycles. The molecule has 1 aromatic heterocycles. The van der Waals surface area contributed by atoms with Crippen LogP contribution in [0, 0.1) is 0 Å². The second kappa shape index (κ2) is 8.47. The van der Waals surface area contributed by atoms with Crippen LogP contribution in [0.5, 0.6) is 5.75 Å². The SMILES string of the molecule is COc1ccc2c(CCN(C)C)cn(COP(O)OC(C)(C)C)c2c1. The lowest BCUT2D eigenvalue weighted by molar-refractivity contribution is 0.0802. The fourth-order valence-electron chi connectivity index (χ4n) is 2.50. The van der Waals surface area contributed by atoms with Gasteiger partial charge >= 0.3 is 8.60 Å². The number of methoxy groups -OCH3 is 1. The van der Waals surface area contributed by atoms with Gasteiger partial charge in [0.05, 0.1) is 18.2 Å². The van der Waals surface area contributed by atoms with E-state index in [0.29, 0.717) is 0 Å². The Hall–Kier alpha value is -1.17. The van der Waals surface area contributed by atoms with E-state index in [1.807, 2.05) is 37.5 Å². The van der Waals surface area contributed by atoms with Crippen molar-refractivity contribution >= 4 is 19.5 Å². The maximum Gasteiger partial charge on any atom is 0.332 e. The summed E-state index contributed by atoms with van der Waals surface area (Å²) in [6.07, 6.45) is 3.02. The van der Waals surface area contributed by atoms with Crippen LogP contribution in [-0.4, -0.2) is 47.7 Å². The number of benzene rings is 1. The van der Waals surface area contributed by atoms with Crippen LogP contribution in [0.15, 0.2) is 24.4 Å². The van der Waals surface area contributed by atoms with Gasteiger partial charge in [0.25, 0.3) is 0 Å². The molecule has 6 nitrogen and oxygen atoms in total. The van der Waals surface area contributed by atoms with Crippen molar-refractivity contribution in [2.75, 3.05) is 27.7 Å². The van der Waals surface area contributed by atoms with E-state index in [4.69, 9.17) is 13.8 Å². The number of fused-ring (bicyclic) bond motifs is 1. The van der Waals surface area contributed by atoms with Crippen LogP contribution >= 0.6 is 8.60 Å². The molecular weight excluding hydrogens is 339 g/mol. The molecule has 0 saturated heterocycles. The van der Waals surface area contributed by atoms with Crippen molar-refractivity contribution in [1.82, 2.24) is 9.47 Å². The quantitative estimate of drug-likeness (QED) is 0.719. The predicted molar refractivity (Wildman–Crippen MR) is 102 cm³/mol. The van der Waals surface area contributed by atoms with Gasteiger partial charge in [0.2, 0.25) is 0 Å². The van der Waals surface area contributed by atoms with Gasteiger partial charge in [-0.25, -0.2) is 0 Å². The molecule has 25 heavy (non-hydrogen) atoms. The van der Waals surface area contributed by atoms with Crippen molar-refractivity contribution in [2.24, 2.45) is 0 Å². The second-order valence-corrected chi connectivity index (χ2v) is 8.18. The predicted octanol–water partition coefficient (Wildman–Crippen LogP) is 3.76. The van der Waals surface area contributed by atoms with Crippen LogP contribution in [0.2, 0.25) is 0 Å². The normalized spacial score (nSPS) is 13.6. The molecule has 0 aliphatic carbocycles. The summed E-state index contributed by atoms with van der Waals surface area (Å²) in [5.41, 5.74) is 1.82. The highest BCUT2D eigenvalue weighted by Gasteiger charge is 2.19. The number of likely N-dealkylation sites (N-methyl/N-ethyl adjacent to an activating group) is 1. The second-order valence-electron chi connectivity index (χ2n) is 7.26. The third-order valence-corrected chi connectivity index (χ3v) is 4.70. The van der Waals surface area contributed by atoms with Crippen molar-refractivity contribution in [3.8, 4) is 5.75 Å². The number of nitrogens with zero attached hydrogens (tertiary/aromatic N) is 2. The molecule has 0 aliphatic heterocycles. The van der Waals surface area contributed by atoms with Crippen LogP contribution in [0.4, 0.5) is 0 Å². The molecule has 1 atom stereocenters. The van der Waals surface area contributed by atoms with E-state index in [2.05, 4.69) is 31.3 Å². The summed E-state index contributed by atoms with van der Waals surface area (Å²) >= 11 is 0. The highest BCUT2D eigenvalue weighted by atomic mass is 31.2. The molecule has 140 valence electrons. The number of hydrogen-bond acceptors (Lipinski definition) is 5. The first kappa shape index (κ1) is 20.1. The van der Waals surface area contributed by atoms with E-state index in [-0.39, 0.29) is 6.73 Å². The van der Waals surface area contributed by atoms with E-state index in [9.17, 15) is 4.89 Å². The average molecular weight is 368 g/mol. The molecule has 0 radical (unpaired) electrons. The Balaban J connectivity index is 2.21. The summed E-state index contributed by atoms with van der Waals surface area (Å²) < 4.78 is 18.3. The number of aromatic nitrogens is 1. The minimum Gasteiger partial charge on any atom is -0.497 e. The standard InChI is InChI=1S/C18H29N2O4P/c1-18(2,3)24-25(21)23-13-20-12-14(9-10-19(4)5)16-8-7-15(22-6)11-17(16)20/h7-8,11-12,21H,9-10,13H2,1-6H3. The summed E-state index contributed by atoms with van der Waals surface area (Å²) in [6.45, 7) is 6.85. The van der Waals surface area contributed by atoms with Crippen molar-refractivity contribution in [3.63, 3.8) is 0 Å². The van der Waals surface area contributed by atoms with Crippen molar-refractivity contribution in [2.45, 2.75) is 39.5 Å². The first-order valence-corrected chi connectivity index (χ1v) is 9.44. The highest BCUT2D eigenvalue weighted by Crippen LogP contribution is 2.39. The van der Waals surface area contributed by atoms with Gasteiger partial charge in [-0.05, 0) is 59.0 Å². The summed E-state index contributed by atoms with van der Waals surface area (Å²) in [6, 6.07) is 6.03. The molecule has 0 amide bonds. The lowest BCUT2D eigenvalue weighted by Gasteiger charge is -2.22. The molecule has 2 aromatic rings. The van der Waals surface area contributed by atoms with Gasteiger partial charge in [0, 0.05) is 24.2 Å². The Morgan fingerprint density at radius 3 is 2.56 bits per heavy atom. The van der Waals surface area contributed by atoms with E-state index < -0.39 is 14.2 Å². The summed E-state index contributed by atoms with van der Waals surface area (Å²) in [5, 5.41) is 1.17. The summed E-state index contributed by atoms with van der Waals surface area (Å²) in [7, 11) is 3.85. The monoisotopic (exact) mass is 368 g/mol. The molecule has 1 aromatic carbocycles. The van der Waals surface area contributed by atoms with E-state index in [1.54, 1.807) is 7.11 Å². The highest BCUT2D eigenvalue weighted by molar-refractivity contribution is 7.40. The van der Waals surface area contributed by atoms with E-state index >= 15 is 0 Å². The Labute approximate surface area is 151 Å². The minimum atomic E-state index is -1.93. The van der Waals surface area contributed by atoms with Crippen molar-refractivity contribution in [1.29, 1.82) is 0 Å². The molecule has 2 rings (SSSR count). The van der Waals surface area contributed by atoms with Crippen LogP contribution < -0.4 is 4.74 Å². The lowest BCUT2D eigenvalue weighted by Crippen LogP contribution is -2.16. The van der Waals surface area contributed by atoms with E-state index in [0.717, 1.165) is 24.2 Å². The molecule has 0 aliphatic rings. The third-order valence-electron chi connectivity index (χ3n) is 3.66. The molecule has 0 fully saturated rings. The Morgan fingerprint density at radius 1 is 1.24 bits per heavy atom. The van der Waals surface area contributed by atoms with Gasteiger partial charge in [-0.15, -0.1) is 0 Å². The fraction of sp³-hybridized carbons (Fsp3) is 0.556.